The van der Waals surface area contributed by atoms with Gasteiger partial charge in [-0.3, -0.25) is 4.79 Å². The lowest BCUT2D eigenvalue weighted by Gasteiger charge is -2.18. The second-order valence-corrected chi connectivity index (χ2v) is 3.16. The molecule has 0 aromatic rings. The summed E-state index contributed by atoms with van der Waals surface area (Å²) in [7, 11) is 0. The van der Waals surface area contributed by atoms with Gasteiger partial charge in [-0.25, -0.2) is 5.48 Å². The van der Waals surface area contributed by atoms with E-state index in [1.807, 2.05) is 0 Å². The zero-order chi connectivity index (χ0) is 8.48. The Morgan fingerprint density at radius 1 is 1.73 bits per heavy atom. The Morgan fingerprint density at radius 2 is 2.36 bits per heavy atom. The minimum Gasteiger partial charge on any atom is -0.382 e. The Morgan fingerprint density at radius 3 is 2.64 bits per heavy atom. The smallest absolute Gasteiger partial charge is 0.161 e. The number of hydrogen-bond donors (Lipinski definition) is 3. The summed E-state index contributed by atoms with van der Waals surface area (Å²) in [6, 6.07) is -0.135. The molecule has 1 rings (SSSR count). The van der Waals surface area contributed by atoms with E-state index in [0.29, 0.717) is 19.3 Å². The summed E-state index contributed by atoms with van der Waals surface area (Å²) in [6.45, 7) is 1.37. The van der Waals surface area contributed by atoms with Crippen molar-refractivity contribution in [2.24, 2.45) is 0 Å². The van der Waals surface area contributed by atoms with E-state index in [9.17, 15) is 9.90 Å². The molecule has 0 amide bonds. The van der Waals surface area contributed by atoms with Crippen LogP contribution in [0.2, 0.25) is 0 Å². The molecule has 0 heterocycles. The van der Waals surface area contributed by atoms with Gasteiger partial charge in [0.05, 0.1) is 0 Å². The molecule has 4 heteroatoms. The molecule has 0 spiro atoms. The highest BCUT2D eigenvalue weighted by atomic mass is 16.5. The lowest BCUT2D eigenvalue weighted by molar-refractivity contribution is -0.134. The van der Waals surface area contributed by atoms with Gasteiger partial charge >= 0.3 is 0 Å². The van der Waals surface area contributed by atoms with Crippen molar-refractivity contribution in [1.82, 2.24) is 5.48 Å². The van der Waals surface area contributed by atoms with Gasteiger partial charge in [-0.15, -0.1) is 0 Å². The number of hydroxylamine groups is 1. The molecule has 2 atom stereocenters. The molecule has 1 aliphatic rings. The number of carbonyl (C=O) groups is 1. The number of rotatable bonds is 2. The van der Waals surface area contributed by atoms with Crippen molar-refractivity contribution in [3.05, 3.63) is 0 Å². The van der Waals surface area contributed by atoms with Crippen LogP contribution in [-0.4, -0.2) is 27.7 Å². The maximum Gasteiger partial charge on any atom is 0.161 e. The fraction of sp³-hybridized carbons (Fsp3) is 0.857. The van der Waals surface area contributed by atoms with Gasteiger partial charge in [-0.05, 0) is 19.8 Å². The van der Waals surface area contributed by atoms with Gasteiger partial charge < -0.3 is 10.3 Å². The number of carbonyl (C=O) groups excluding carboxylic acids is 1. The van der Waals surface area contributed by atoms with Crippen molar-refractivity contribution in [3.63, 3.8) is 0 Å². The molecular weight excluding hydrogens is 146 g/mol. The summed E-state index contributed by atoms with van der Waals surface area (Å²) in [5.41, 5.74) is 0.868. The maximum atomic E-state index is 10.9. The minimum atomic E-state index is -1.19. The molecule has 0 bridgehead atoms. The topological polar surface area (TPSA) is 69.6 Å². The highest BCUT2D eigenvalue weighted by Crippen LogP contribution is 2.30. The van der Waals surface area contributed by atoms with Crippen LogP contribution < -0.4 is 5.48 Å². The summed E-state index contributed by atoms with van der Waals surface area (Å²) in [4.78, 5) is 10.9. The average molecular weight is 159 g/mol. The predicted octanol–water partition coefficient (Wildman–Crippen LogP) is -0.162. The number of nitrogens with one attached hydrogen (secondary N) is 1. The Kier molecular flexibility index (Phi) is 2.27. The van der Waals surface area contributed by atoms with Crippen molar-refractivity contribution in [3.8, 4) is 0 Å². The average Bonchev–Trinajstić information content (AvgIpc) is 2.33. The number of Topliss-reactive ketones (excluding diaryl/α,β-unsaturated/α-hetero) is 1. The van der Waals surface area contributed by atoms with Gasteiger partial charge in [-0.2, -0.15) is 0 Å². The summed E-state index contributed by atoms with van der Waals surface area (Å²) in [5.74, 6) is -0.213. The Bertz CT molecular complexity index is 171. The van der Waals surface area contributed by atoms with E-state index < -0.39 is 5.60 Å². The molecule has 11 heavy (non-hydrogen) atoms. The molecule has 0 radical (unpaired) electrons. The van der Waals surface area contributed by atoms with Crippen LogP contribution in [0.1, 0.15) is 26.2 Å². The molecule has 0 saturated heterocycles. The Hall–Kier alpha value is -0.450. The summed E-state index contributed by atoms with van der Waals surface area (Å²) >= 11 is 0. The first-order valence-electron chi connectivity index (χ1n) is 3.71. The molecule has 4 nitrogen and oxygen atoms in total. The van der Waals surface area contributed by atoms with Crippen molar-refractivity contribution in [2.45, 2.75) is 37.8 Å². The number of aliphatic hydroxyl groups is 1. The van der Waals surface area contributed by atoms with Gasteiger partial charge in [0.2, 0.25) is 0 Å². The molecule has 0 aromatic carbocycles. The number of ketones is 1. The third-order valence-electron chi connectivity index (χ3n) is 2.33. The Balaban J connectivity index is 2.57. The monoisotopic (exact) mass is 159 g/mol. The van der Waals surface area contributed by atoms with Gasteiger partial charge in [0, 0.05) is 12.5 Å². The van der Waals surface area contributed by atoms with E-state index in [1.165, 1.54) is 6.92 Å². The van der Waals surface area contributed by atoms with Crippen molar-refractivity contribution in [1.29, 1.82) is 0 Å². The lowest BCUT2D eigenvalue weighted by Crippen LogP contribution is -2.36. The molecule has 1 saturated carbocycles. The summed E-state index contributed by atoms with van der Waals surface area (Å²) < 4.78 is 0. The van der Waals surface area contributed by atoms with E-state index in [0.717, 1.165) is 0 Å². The predicted molar refractivity (Wildman–Crippen MR) is 38.2 cm³/mol. The molecule has 0 aromatic heterocycles. The summed E-state index contributed by atoms with van der Waals surface area (Å²) in [6.07, 6.45) is 1.41. The highest BCUT2D eigenvalue weighted by molar-refractivity contribution is 5.85. The van der Waals surface area contributed by atoms with Gasteiger partial charge in [0.1, 0.15) is 5.60 Å². The van der Waals surface area contributed by atoms with E-state index in [1.54, 1.807) is 0 Å². The number of hydrogen-bond acceptors (Lipinski definition) is 4. The molecule has 0 unspecified atom stereocenters. The highest BCUT2D eigenvalue weighted by Gasteiger charge is 2.40. The quantitative estimate of drug-likeness (QED) is 0.489. The molecule has 1 fully saturated rings. The molecule has 1 aliphatic carbocycles. The van der Waals surface area contributed by atoms with Crippen molar-refractivity contribution >= 4 is 5.78 Å². The first-order valence-corrected chi connectivity index (χ1v) is 3.71. The van der Waals surface area contributed by atoms with E-state index >= 15 is 0 Å². The normalized spacial score (nSPS) is 37.5. The van der Waals surface area contributed by atoms with Crippen LogP contribution in [-0.2, 0) is 4.79 Å². The minimum absolute atomic E-state index is 0.135. The molecular formula is C7H13NO3. The fourth-order valence-electron chi connectivity index (χ4n) is 1.45. The maximum absolute atomic E-state index is 10.9. The SMILES string of the molecule is CC(=O)[C@@]1(O)CC[C@H](NO)C1. The molecule has 0 aliphatic heterocycles. The standard InChI is InChI=1S/C7H13NO3/c1-5(9)7(10)3-2-6(4-7)8-11/h6,8,10-11H,2-4H2,1H3/t6-,7+/m0/s1. The van der Waals surface area contributed by atoms with Crippen LogP contribution in [0.25, 0.3) is 0 Å². The van der Waals surface area contributed by atoms with Crippen LogP contribution in [0.15, 0.2) is 0 Å². The van der Waals surface area contributed by atoms with Crippen LogP contribution in [0, 0.1) is 0 Å². The van der Waals surface area contributed by atoms with Crippen LogP contribution >= 0.6 is 0 Å². The van der Waals surface area contributed by atoms with Gasteiger partial charge in [-0.1, -0.05) is 0 Å². The Labute approximate surface area is 65.2 Å². The van der Waals surface area contributed by atoms with Crippen LogP contribution in [0.4, 0.5) is 0 Å². The van der Waals surface area contributed by atoms with Gasteiger partial charge in [0.15, 0.2) is 5.78 Å². The molecule has 64 valence electrons. The molecule has 3 N–H and O–H groups in total. The summed E-state index contributed by atoms with van der Waals surface area (Å²) in [5, 5.41) is 18.1. The first kappa shape index (κ1) is 8.64. The largest absolute Gasteiger partial charge is 0.382 e. The van der Waals surface area contributed by atoms with Crippen molar-refractivity contribution in [2.75, 3.05) is 0 Å². The third kappa shape index (κ3) is 1.58. The fourth-order valence-corrected chi connectivity index (χ4v) is 1.45. The lowest BCUT2D eigenvalue weighted by atomic mass is 9.98. The first-order chi connectivity index (χ1) is 5.08. The van der Waals surface area contributed by atoms with E-state index in [4.69, 9.17) is 5.21 Å². The third-order valence-corrected chi connectivity index (χ3v) is 2.33. The van der Waals surface area contributed by atoms with Crippen LogP contribution in [0.3, 0.4) is 0 Å². The van der Waals surface area contributed by atoms with Crippen molar-refractivity contribution < 1.29 is 15.1 Å². The van der Waals surface area contributed by atoms with E-state index in [2.05, 4.69) is 5.48 Å². The second-order valence-electron chi connectivity index (χ2n) is 3.16. The zero-order valence-corrected chi connectivity index (χ0v) is 6.50. The zero-order valence-electron chi connectivity index (χ0n) is 6.50. The second kappa shape index (κ2) is 2.89. The van der Waals surface area contributed by atoms with E-state index in [-0.39, 0.29) is 11.8 Å². The van der Waals surface area contributed by atoms with Gasteiger partial charge in [0.25, 0.3) is 0 Å². The van der Waals surface area contributed by atoms with Crippen LogP contribution in [0.5, 0.6) is 0 Å².